The van der Waals surface area contributed by atoms with Gasteiger partial charge in [-0.25, -0.2) is 0 Å². The summed E-state index contributed by atoms with van der Waals surface area (Å²) in [5.41, 5.74) is -0.933. The maximum Gasteiger partial charge on any atom is 0.417 e. The summed E-state index contributed by atoms with van der Waals surface area (Å²) in [6.45, 7) is 3.88. The summed E-state index contributed by atoms with van der Waals surface area (Å²) >= 11 is 0. The summed E-state index contributed by atoms with van der Waals surface area (Å²) in [6.07, 6.45) is 0.731. The lowest BCUT2D eigenvalue weighted by Gasteiger charge is -2.04. The monoisotopic (exact) mass is 205 g/mol. The highest BCUT2D eigenvalue weighted by Gasteiger charge is 2.31. The van der Waals surface area contributed by atoms with Gasteiger partial charge in [0.2, 0.25) is 0 Å². The number of alkyl halides is 3. The molecule has 0 aliphatic rings. The quantitative estimate of drug-likeness (QED) is 0.534. The summed E-state index contributed by atoms with van der Waals surface area (Å²) in [4.78, 5) is 0. The molecule has 0 aromatic heterocycles. The number of halogens is 3. The summed E-state index contributed by atoms with van der Waals surface area (Å²) in [5, 5.41) is 6.60. The van der Waals surface area contributed by atoms with Gasteiger partial charge in [-0.2, -0.15) is 13.2 Å². The lowest BCUT2D eigenvalue weighted by molar-refractivity contribution is -0.0856. The van der Waals surface area contributed by atoms with Gasteiger partial charge < -0.3 is 5.41 Å². The minimum atomic E-state index is -4.43. The van der Waals surface area contributed by atoms with Crippen molar-refractivity contribution in [2.45, 2.75) is 26.4 Å². The van der Waals surface area contributed by atoms with E-state index in [4.69, 9.17) is 5.41 Å². The molecule has 0 bridgehead atoms. The zero-order chi connectivity index (χ0) is 11.2. The fraction of sp³-hybridized carbons (Fsp3) is 0.500. The third kappa shape index (κ3) is 4.84. The van der Waals surface area contributed by atoms with E-state index in [9.17, 15) is 13.2 Å². The molecule has 0 fully saturated rings. The Hall–Kier alpha value is -1.06. The Morgan fingerprint density at radius 2 is 2.00 bits per heavy atom. The van der Waals surface area contributed by atoms with Crippen LogP contribution in [0.25, 0.3) is 0 Å². The van der Waals surface area contributed by atoms with E-state index >= 15 is 0 Å². The van der Waals surface area contributed by atoms with Crippen LogP contribution < -0.4 is 0 Å². The lowest BCUT2D eigenvalue weighted by atomic mass is 10.1. The van der Waals surface area contributed by atoms with Crippen molar-refractivity contribution < 1.29 is 13.2 Å². The minimum Gasteiger partial charge on any atom is -0.308 e. The van der Waals surface area contributed by atoms with Gasteiger partial charge in [0.05, 0.1) is 5.57 Å². The van der Waals surface area contributed by atoms with Crippen LogP contribution in [0.1, 0.15) is 20.3 Å². The molecule has 0 aromatic rings. The van der Waals surface area contributed by atoms with E-state index < -0.39 is 11.7 Å². The maximum atomic E-state index is 12.1. The SMILES string of the molecule is CCC(C)C=C/C=C(\C=N)C(F)(F)F. The molecule has 0 saturated carbocycles. The standard InChI is InChI=1S/C10H14F3N/c1-3-8(2)5-4-6-9(7-14)10(11,12)13/h4-8,14H,3H2,1-2H3/b5-4?,9-6+,14-7?. The number of nitrogens with one attached hydrogen (secondary N) is 1. The van der Waals surface area contributed by atoms with Gasteiger partial charge in [0.25, 0.3) is 0 Å². The molecular weight excluding hydrogens is 191 g/mol. The van der Waals surface area contributed by atoms with Gasteiger partial charge in [-0.05, 0) is 12.0 Å². The fourth-order valence-electron chi connectivity index (χ4n) is 0.709. The Balaban J connectivity index is 4.48. The normalized spacial score (nSPS) is 15.9. The lowest BCUT2D eigenvalue weighted by Crippen LogP contribution is -2.12. The van der Waals surface area contributed by atoms with Crippen LogP contribution in [0.2, 0.25) is 0 Å². The van der Waals surface area contributed by atoms with Gasteiger partial charge >= 0.3 is 6.18 Å². The summed E-state index contributed by atoms with van der Waals surface area (Å²) in [6, 6.07) is 0. The number of hydrogen-bond acceptors (Lipinski definition) is 1. The van der Waals surface area contributed by atoms with Crippen molar-refractivity contribution in [1.82, 2.24) is 0 Å². The van der Waals surface area contributed by atoms with Gasteiger partial charge in [0, 0.05) is 6.21 Å². The van der Waals surface area contributed by atoms with Crippen LogP contribution in [0.15, 0.2) is 23.8 Å². The highest BCUT2D eigenvalue weighted by Crippen LogP contribution is 2.23. The van der Waals surface area contributed by atoms with Crippen molar-refractivity contribution in [3.8, 4) is 0 Å². The molecule has 0 aliphatic heterocycles. The Morgan fingerprint density at radius 3 is 2.36 bits per heavy atom. The molecule has 14 heavy (non-hydrogen) atoms. The molecule has 1 unspecified atom stereocenters. The van der Waals surface area contributed by atoms with Crippen molar-refractivity contribution in [2.24, 2.45) is 5.92 Å². The second-order valence-electron chi connectivity index (χ2n) is 3.03. The highest BCUT2D eigenvalue weighted by molar-refractivity contribution is 5.78. The minimum absolute atomic E-state index is 0.256. The van der Waals surface area contributed by atoms with E-state index in [1.165, 1.54) is 6.08 Å². The average molecular weight is 205 g/mol. The fourth-order valence-corrected chi connectivity index (χ4v) is 0.709. The Morgan fingerprint density at radius 1 is 1.43 bits per heavy atom. The largest absolute Gasteiger partial charge is 0.417 e. The molecule has 0 aromatic carbocycles. The summed E-state index contributed by atoms with van der Waals surface area (Å²) in [7, 11) is 0. The van der Waals surface area contributed by atoms with Crippen molar-refractivity contribution >= 4 is 6.21 Å². The van der Waals surface area contributed by atoms with Gasteiger partial charge in [0.1, 0.15) is 0 Å². The van der Waals surface area contributed by atoms with Crippen LogP contribution in [-0.2, 0) is 0 Å². The van der Waals surface area contributed by atoms with Crippen LogP contribution in [0, 0.1) is 11.3 Å². The molecular formula is C10H14F3N. The van der Waals surface area contributed by atoms with Gasteiger partial charge in [-0.3, -0.25) is 0 Å². The van der Waals surface area contributed by atoms with Gasteiger partial charge in [-0.15, -0.1) is 0 Å². The molecule has 0 aliphatic carbocycles. The molecule has 4 heteroatoms. The van der Waals surface area contributed by atoms with Crippen molar-refractivity contribution in [3.05, 3.63) is 23.8 Å². The molecule has 0 heterocycles. The Labute approximate surface area is 81.8 Å². The van der Waals surface area contributed by atoms with Gasteiger partial charge in [-0.1, -0.05) is 32.4 Å². The number of rotatable bonds is 4. The van der Waals surface area contributed by atoms with Crippen molar-refractivity contribution in [3.63, 3.8) is 0 Å². The first-order valence-electron chi connectivity index (χ1n) is 4.38. The topological polar surface area (TPSA) is 23.9 Å². The zero-order valence-electron chi connectivity index (χ0n) is 8.23. The van der Waals surface area contributed by atoms with E-state index in [0.717, 1.165) is 12.5 Å². The average Bonchev–Trinajstić information content (AvgIpc) is 2.09. The zero-order valence-corrected chi connectivity index (χ0v) is 8.23. The first kappa shape index (κ1) is 12.9. The van der Waals surface area contributed by atoms with Crippen molar-refractivity contribution in [2.75, 3.05) is 0 Å². The molecule has 1 N–H and O–H groups in total. The smallest absolute Gasteiger partial charge is 0.308 e. The highest BCUT2D eigenvalue weighted by atomic mass is 19.4. The predicted molar refractivity (Wildman–Crippen MR) is 51.5 cm³/mol. The van der Waals surface area contributed by atoms with Crippen LogP contribution in [0.4, 0.5) is 13.2 Å². The molecule has 80 valence electrons. The van der Waals surface area contributed by atoms with Gasteiger partial charge in [0.15, 0.2) is 0 Å². The number of allylic oxidation sites excluding steroid dienone is 4. The summed E-state index contributed by atoms with van der Waals surface area (Å²) < 4.78 is 36.2. The van der Waals surface area contributed by atoms with Crippen LogP contribution >= 0.6 is 0 Å². The molecule has 0 radical (unpaired) electrons. The molecule has 0 amide bonds. The molecule has 0 spiro atoms. The first-order valence-corrected chi connectivity index (χ1v) is 4.38. The van der Waals surface area contributed by atoms with E-state index in [2.05, 4.69) is 0 Å². The van der Waals surface area contributed by atoms with E-state index in [0.29, 0.717) is 6.21 Å². The molecule has 0 rings (SSSR count). The van der Waals surface area contributed by atoms with E-state index in [-0.39, 0.29) is 5.92 Å². The first-order chi connectivity index (χ1) is 6.41. The molecule has 1 atom stereocenters. The van der Waals surface area contributed by atoms with E-state index in [1.807, 2.05) is 13.8 Å². The molecule has 1 nitrogen and oxygen atoms in total. The second kappa shape index (κ2) is 5.62. The molecule has 0 saturated heterocycles. The second-order valence-corrected chi connectivity index (χ2v) is 3.03. The van der Waals surface area contributed by atoms with E-state index in [1.54, 1.807) is 6.08 Å². The Kier molecular flexibility index (Phi) is 5.20. The predicted octanol–water partition coefficient (Wildman–Crippen LogP) is 3.73. The Bertz CT molecular complexity index is 238. The number of hydrogen-bond donors (Lipinski definition) is 1. The third-order valence-corrected chi connectivity index (χ3v) is 1.84. The van der Waals surface area contributed by atoms with Crippen LogP contribution in [0.3, 0.4) is 0 Å². The van der Waals surface area contributed by atoms with Crippen LogP contribution in [-0.4, -0.2) is 12.4 Å². The maximum absolute atomic E-state index is 12.1. The third-order valence-electron chi connectivity index (χ3n) is 1.84. The summed E-state index contributed by atoms with van der Waals surface area (Å²) in [5.74, 6) is 0.256. The van der Waals surface area contributed by atoms with Crippen LogP contribution in [0.5, 0.6) is 0 Å². The van der Waals surface area contributed by atoms with Crippen molar-refractivity contribution in [1.29, 1.82) is 5.41 Å².